The normalized spacial score (nSPS) is 18.5. The maximum Gasteiger partial charge on any atom is 0.178 e. The zero-order valence-corrected chi connectivity index (χ0v) is 22.5. The SMILES string of the molecule is CC(C)N1CCOc2c(F)cc(-c3nc(Cc4ccc(C5CCN(C)CC5)c(C5CC5)c4)ncc3F)cc21. The molecule has 38 heavy (non-hydrogen) atoms. The van der Waals surface area contributed by atoms with Gasteiger partial charge in [-0.1, -0.05) is 18.2 Å². The number of likely N-dealkylation sites (tertiary alicyclic amines) is 1. The topological polar surface area (TPSA) is 41.5 Å². The van der Waals surface area contributed by atoms with Crippen molar-refractivity contribution in [3.63, 3.8) is 0 Å². The van der Waals surface area contributed by atoms with Gasteiger partial charge in [-0.15, -0.1) is 0 Å². The Balaban J connectivity index is 1.30. The van der Waals surface area contributed by atoms with E-state index in [9.17, 15) is 4.39 Å². The summed E-state index contributed by atoms with van der Waals surface area (Å²) in [6, 6.07) is 10.1. The molecule has 2 fully saturated rings. The predicted octanol–water partition coefficient (Wildman–Crippen LogP) is 6.31. The van der Waals surface area contributed by atoms with Crippen molar-refractivity contribution in [2.45, 2.75) is 63.8 Å². The Morgan fingerprint density at radius 3 is 2.45 bits per heavy atom. The monoisotopic (exact) mass is 518 g/mol. The lowest BCUT2D eigenvalue weighted by Crippen LogP contribution is -2.38. The van der Waals surface area contributed by atoms with E-state index in [-0.39, 0.29) is 17.5 Å². The second kappa shape index (κ2) is 10.3. The third-order valence-electron chi connectivity index (χ3n) is 8.29. The lowest BCUT2D eigenvalue weighted by molar-refractivity contribution is 0.255. The molecule has 0 amide bonds. The number of benzene rings is 2. The van der Waals surface area contributed by atoms with Crippen molar-refractivity contribution in [1.82, 2.24) is 14.9 Å². The summed E-state index contributed by atoms with van der Waals surface area (Å²) < 4.78 is 35.6. The van der Waals surface area contributed by atoms with Gasteiger partial charge in [0.2, 0.25) is 0 Å². The molecule has 0 radical (unpaired) electrons. The molecular formula is C31H36F2N4O. The zero-order chi connectivity index (χ0) is 26.4. The van der Waals surface area contributed by atoms with Crippen molar-refractivity contribution in [2.75, 3.05) is 38.2 Å². The second-order valence-electron chi connectivity index (χ2n) is 11.4. The van der Waals surface area contributed by atoms with Gasteiger partial charge in [0, 0.05) is 18.0 Å². The Hall–Kier alpha value is -3.06. The summed E-state index contributed by atoms with van der Waals surface area (Å²) in [5, 5.41) is 0. The molecule has 2 aromatic carbocycles. The van der Waals surface area contributed by atoms with Crippen LogP contribution in [0.25, 0.3) is 11.3 Å². The molecule has 5 nitrogen and oxygen atoms in total. The smallest absolute Gasteiger partial charge is 0.178 e. The van der Waals surface area contributed by atoms with Crippen LogP contribution >= 0.6 is 0 Å². The van der Waals surface area contributed by atoms with Gasteiger partial charge in [0.15, 0.2) is 17.4 Å². The molecule has 1 saturated carbocycles. The van der Waals surface area contributed by atoms with Crippen LogP contribution in [0, 0.1) is 11.6 Å². The fraction of sp³-hybridized carbons (Fsp3) is 0.484. The molecule has 0 N–H and O–H groups in total. The van der Waals surface area contributed by atoms with Crippen molar-refractivity contribution >= 4 is 5.69 Å². The van der Waals surface area contributed by atoms with Crippen LogP contribution in [0.1, 0.15) is 73.9 Å². The van der Waals surface area contributed by atoms with Crippen LogP contribution in [0.5, 0.6) is 5.75 Å². The van der Waals surface area contributed by atoms with E-state index in [0.29, 0.717) is 48.5 Å². The quantitative estimate of drug-likeness (QED) is 0.383. The number of ether oxygens (including phenoxy) is 1. The average Bonchev–Trinajstić information content (AvgIpc) is 3.75. The number of halogens is 2. The minimum absolute atomic E-state index is 0.122. The van der Waals surface area contributed by atoms with Gasteiger partial charge in [-0.3, -0.25) is 0 Å². The van der Waals surface area contributed by atoms with Gasteiger partial charge in [0.1, 0.15) is 18.1 Å². The molecule has 1 saturated heterocycles. The maximum atomic E-state index is 15.1. The standard InChI is InChI=1S/C31H36F2N4O/c1-19(2)37-12-13-38-31-26(32)16-23(17-28(31)37)30-27(33)18-34-29(35-30)15-20-4-7-24(25(14-20)21-5-6-21)22-8-10-36(3)11-9-22/h4,7,14,16-19,21-22H,5-6,8-13,15H2,1-3H3. The number of anilines is 1. The third kappa shape index (κ3) is 5.00. The van der Waals surface area contributed by atoms with Gasteiger partial charge in [0.25, 0.3) is 0 Å². The second-order valence-corrected chi connectivity index (χ2v) is 11.4. The first-order chi connectivity index (χ1) is 18.4. The molecule has 200 valence electrons. The van der Waals surface area contributed by atoms with Gasteiger partial charge >= 0.3 is 0 Å². The average molecular weight is 519 g/mol. The van der Waals surface area contributed by atoms with Crippen molar-refractivity contribution in [2.24, 2.45) is 0 Å². The van der Waals surface area contributed by atoms with Crippen LogP contribution in [-0.4, -0.2) is 54.2 Å². The van der Waals surface area contributed by atoms with Gasteiger partial charge in [-0.05, 0) is 100 Å². The van der Waals surface area contributed by atoms with Gasteiger partial charge in [-0.25, -0.2) is 18.7 Å². The third-order valence-corrected chi connectivity index (χ3v) is 8.29. The molecule has 1 aromatic heterocycles. The molecule has 0 unspecified atom stereocenters. The summed E-state index contributed by atoms with van der Waals surface area (Å²) in [5.41, 5.74) is 5.28. The number of hydrogen-bond donors (Lipinski definition) is 0. The first kappa shape index (κ1) is 25.2. The van der Waals surface area contributed by atoms with E-state index in [4.69, 9.17) is 4.74 Å². The molecule has 1 aliphatic carbocycles. The molecular weight excluding hydrogens is 482 g/mol. The number of fused-ring (bicyclic) bond motifs is 1. The lowest BCUT2D eigenvalue weighted by atomic mass is 9.84. The van der Waals surface area contributed by atoms with E-state index >= 15 is 4.39 Å². The number of nitrogens with zero attached hydrogens (tertiary/aromatic N) is 4. The van der Waals surface area contributed by atoms with Gasteiger partial charge in [-0.2, -0.15) is 0 Å². The predicted molar refractivity (Wildman–Crippen MR) is 146 cm³/mol. The van der Waals surface area contributed by atoms with Gasteiger partial charge < -0.3 is 14.5 Å². The van der Waals surface area contributed by atoms with Crippen molar-refractivity contribution in [3.05, 3.63) is 70.7 Å². The highest BCUT2D eigenvalue weighted by molar-refractivity contribution is 5.72. The summed E-state index contributed by atoms with van der Waals surface area (Å²) in [7, 11) is 2.20. The maximum absolute atomic E-state index is 15.1. The first-order valence-electron chi connectivity index (χ1n) is 13.9. The zero-order valence-electron chi connectivity index (χ0n) is 22.5. The van der Waals surface area contributed by atoms with Gasteiger partial charge in [0.05, 0.1) is 18.4 Å². The van der Waals surface area contributed by atoms with E-state index in [1.807, 2.05) is 0 Å². The van der Waals surface area contributed by atoms with E-state index < -0.39 is 11.6 Å². The summed E-state index contributed by atoms with van der Waals surface area (Å²) in [4.78, 5) is 13.4. The molecule has 2 aliphatic heterocycles. The Bertz CT molecular complexity index is 1330. The van der Waals surface area contributed by atoms with Crippen molar-refractivity contribution < 1.29 is 13.5 Å². The van der Waals surface area contributed by atoms with E-state index in [0.717, 1.165) is 18.7 Å². The Morgan fingerprint density at radius 1 is 0.947 bits per heavy atom. The fourth-order valence-electron chi connectivity index (χ4n) is 6.02. The summed E-state index contributed by atoms with van der Waals surface area (Å²) in [5.74, 6) is 0.973. The molecule has 3 heterocycles. The first-order valence-corrected chi connectivity index (χ1v) is 13.9. The highest BCUT2D eigenvalue weighted by Gasteiger charge is 2.30. The van der Waals surface area contributed by atoms with Crippen LogP contribution in [0.4, 0.5) is 14.5 Å². The fourth-order valence-corrected chi connectivity index (χ4v) is 6.02. The Kier molecular flexibility index (Phi) is 6.81. The highest BCUT2D eigenvalue weighted by atomic mass is 19.1. The molecule has 0 bridgehead atoms. The lowest BCUT2D eigenvalue weighted by Gasteiger charge is -2.34. The highest BCUT2D eigenvalue weighted by Crippen LogP contribution is 2.45. The van der Waals surface area contributed by atoms with Crippen LogP contribution in [0.3, 0.4) is 0 Å². The van der Waals surface area contributed by atoms with E-state index in [1.165, 1.54) is 49.1 Å². The minimum atomic E-state index is -0.558. The number of aromatic nitrogens is 2. The number of piperidine rings is 1. The largest absolute Gasteiger partial charge is 0.486 e. The number of hydrogen-bond acceptors (Lipinski definition) is 5. The minimum Gasteiger partial charge on any atom is -0.486 e. The Morgan fingerprint density at radius 2 is 1.71 bits per heavy atom. The molecule has 0 spiro atoms. The summed E-state index contributed by atoms with van der Waals surface area (Å²) >= 11 is 0. The molecule has 3 aromatic rings. The van der Waals surface area contributed by atoms with Crippen LogP contribution in [0.15, 0.2) is 36.5 Å². The van der Waals surface area contributed by atoms with Crippen LogP contribution in [0.2, 0.25) is 0 Å². The van der Waals surface area contributed by atoms with Crippen molar-refractivity contribution in [1.29, 1.82) is 0 Å². The summed E-state index contributed by atoms with van der Waals surface area (Å²) in [6.45, 7) is 7.48. The molecule has 3 aliphatic rings. The van der Waals surface area contributed by atoms with E-state index in [2.05, 4.69) is 58.9 Å². The summed E-state index contributed by atoms with van der Waals surface area (Å²) in [6.07, 6.45) is 6.63. The number of rotatable bonds is 6. The van der Waals surface area contributed by atoms with Crippen LogP contribution < -0.4 is 9.64 Å². The van der Waals surface area contributed by atoms with Crippen molar-refractivity contribution in [3.8, 4) is 17.0 Å². The molecule has 6 rings (SSSR count). The van der Waals surface area contributed by atoms with E-state index in [1.54, 1.807) is 6.07 Å². The Labute approximate surface area is 223 Å². The molecule has 7 heteroatoms. The van der Waals surface area contributed by atoms with Crippen LogP contribution in [-0.2, 0) is 6.42 Å². The molecule has 0 atom stereocenters.